The molecule has 0 aromatic carbocycles. The molecule has 0 saturated carbocycles. The van der Waals surface area contributed by atoms with Gasteiger partial charge >= 0.3 is 5.97 Å². The standard InChI is InChI=1S/C5H9O2Si/c6-5(7)3-1-2-4-8/h1-4H2,(H,6,7). The Morgan fingerprint density at radius 1 is 1.50 bits per heavy atom. The van der Waals surface area contributed by atoms with Gasteiger partial charge in [-0.25, -0.2) is 0 Å². The Hall–Kier alpha value is -0.313. The minimum atomic E-state index is -0.704. The number of aliphatic carboxylic acids is 1. The van der Waals surface area contributed by atoms with Gasteiger partial charge < -0.3 is 5.11 Å². The van der Waals surface area contributed by atoms with E-state index in [0.29, 0.717) is 6.42 Å². The van der Waals surface area contributed by atoms with Gasteiger partial charge in [-0.2, -0.15) is 0 Å². The van der Waals surface area contributed by atoms with E-state index in [9.17, 15) is 4.79 Å². The molecule has 0 fully saturated rings. The monoisotopic (exact) mass is 129 g/mol. The van der Waals surface area contributed by atoms with Crippen molar-refractivity contribution in [3.63, 3.8) is 0 Å². The minimum absolute atomic E-state index is 0.296. The first-order valence-electron chi connectivity index (χ1n) is 2.63. The molecule has 8 heavy (non-hydrogen) atoms. The van der Waals surface area contributed by atoms with Gasteiger partial charge in [0, 0.05) is 16.7 Å². The van der Waals surface area contributed by atoms with Crippen molar-refractivity contribution >= 4 is 16.2 Å². The fourth-order valence-electron chi connectivity index (χ4n) is 0.401. The maximum absolute atomic E-state index is 9.86. The zero-order chi connectivity index (χ0) is 6.41. The van der Waals surface area contributed by atoms with Crippen LogP contribution in [0.1, 0.15) is 19.3 Å². The van der Waals surface area contributed by atoms with E-state index < -0.39 is 5.97 Å². The number of rotatable bonds is 4. The molecule has 3 heteroatoms. The average molecular weight is 129 g/mol. The second kappa shape index (κ2) is 4.84. The Kier molecular flexibility index (Phi) is 4.65. The first-order valence-corrected chi connectivity index (χ1v) is 3.34. The Balaban J connectivity index is 2.82. The van der Waals surface area contributed by atoms with Crippen LogP contribution in [0, 0.1) is 0 Å². The summed E-state index contributed by atoms with van der Waals surface area (Å²) in [4.78, 5) is 9.86. The predicted octanol–water partition coefficient (Wildman–Crippen LogP) is 0.828. The number of carboxylic acid groups (broad SMARTS) is 1. The van der Waals surface area contributed by atoms with Crippen LogP contribution in [0.2, 0.25) is 6.04 Å². The Bertz CT molecular complexity index is 72.8. The molecule has 0 saturated heterocycles. The van der Waals surface area contributed by atoms with Crippen molar-refractivity contribution in [2.24, 2.45) is 0 Å². The van der Waals surface area contributed by atoms with Crippen LogP contribution in [-0.4, -0.2) is 21.3 Å². The van der Waals surface area contributed by atoms with E-state index in [-0.39, 0.29) is 0 Å². The molecule has 0 amide bonds. The van der Waals surface area contributed by atoms with Crippen molar-refractivity contribution < 1.29 is 9.90 Å². The SMILES string of the molecule is O=C(O)CCCC[Si]. The lowest BCUT2D eigenvalue weighted by molar-refractivity contribution is -0.137. The molecule has 0 aliphatic carbocycles. The quantitative estimate of drug-likeness (QED) is 0.451. The lowest BCUT2D eigenvalue weighted by atomic mass is 10.2. The van der Waals surface area contributed by atoms with Gasteiger partial charge in [0.15, 0.2) is 0 Å². The van der Waals surface area contributed by atoms with Crippen LogP contribution in [-0.2, 0) is 4.79 Å². The molecule has 1 N–H and O–H groups in total. The number of hydrogen-bond acceptors (Lipinski definition) is 1. The molecule has 0 aliphatic heterocycles. The Labute approximate surface area is 52.3 Å². The van der Waals surface area contributed by atoms with E-state index in [1.165, 1.54) is 0 Å². The molecule has 0 atom stereocenters. The fraction of sp³-hybridized carbons (Fsp3) is 0.800. The number of unbranched alkanes of at least 4 members (excludes halogenated alkanes) is 1. The summed E-state index contributed by atoms with van der Waals surface area (Å²) in [5.74, 6) is -0.704. The van der Waals surface area contributed by atoms with Crippen molar-refractivity contribution in [3.8, 4) is 0 Å². The van der Waals surface area contributed by atoms with Gasteiger partial charge in [0.2, 0.25) is 0 Å². The lowest BCUT2D eigenvalue weighted by Crippen LogP contribution is -1.92. The van der Waals surface area contributed by atoms with Crippen LogP contribution in [0.5, 0.6) is 0 Å². The normalized spacial score (nSPS) is 9.12. The molecule has 0 bridgehead atoms. The van der Waals surface area contributed by atoms with E-state index in [0.717, 1.165) is 18.9 Å². The van der Waals surface area contributed by atoms with Crippen molar-refractivity contribution in [2.75, 3.05) is 0 Å². The van der Waals surface area contributed by atoms with Gasteiger partial charge in [-0.15, -0.1) is 0 Å². The van der Waals surface area contributed by atoms with E-state index in [2.05, 4.69) is 10.2 Å². The zero-order valence-electron chi connectivity index (χ0n) is 4.68. The molecular formula is C5H9O2Si. The summed E-state index contributed by atoms with van der Waals surface area (Å²) in [5, 5.41) is 8.12. The predicted molar refractivity (Wildman–Crippen MR) is 32.0 cm³/mol. The van der Waals surface area contributed by atoms with Crippen LogP contribution >= 0.6 is 0 Å². The number of hydrogen-bond donors (Lipinski definition) is 1. The van der Waals surface area contributed by atoms with Crippen LogP contribution < -0.4 is 0 Å². The Morgan fingerprint density at radius 2 is 2.12 bits per heavy atom. The molecule has 0 spiro atoms. The summed E-state index contributed by atoms with van der Waals surface area (Å²) in [6.45, 7) is 0. The maximum Gasteiger partial charge on any atom is 0.303 e. The highest BCUT2D eigenvalue weighted by molar-refractivity contribution is 6.08. The smallest absolute Gasteiger partial charge is 0.303 e. The van der Waals surface area contributed by atoms with Crippen LogP contribution in [0.15, 0.2) is 0 Å². The maximum atomic E-state index is 9.86. The fourth-order valence-corrected chi connectivity index (χ4v) is 0.651. The summed E-state index contributed by atoms with van der Waals surface area (Å²) >= 11 is 0. The van der Waals surface area contributed by atoms with Gasteiger partial charge in [0.25, 0.3) is 0 Å². The van der Waals surface area contributed by atoms with E-state index in [4.69, 9.17) is 5.11 Å². The molecule has 45 valence electrons. The summed E-state index contributed by atoms with van der Waals surface area (Å²) in [6, 6.07) is 0.896. The molecule has 0 heterocycles. The van der Waals surface area contributed by atoms with Gasteiger partial charge in [-0.1, -0.05) is 12.5 Å². The summed E-state index contributed by atoms with van der Waals surface area (Å²) < 4.78 is 0. The average Bonchev–Trinajstić information content (AvgIpc) is 1.66. The third kappa shape index (κ3) is 5.69. The van der Waals surface area contributed by atoms with E-state index in [1.807, 2.05) is 0 Å². The van der Waals surface area contributed by atoms with Gasteiger partial charge in [0.05, 0.1) is 0 Å². The highest BCUT2D eigenvalue weighted by atomic mass is 28.1. The summed E-state index contributed by atoms with van der Waals surface area (Å²) in [7, 11) is 3.25. The lowest BCUT2D eigenvalue weighted by Gasteiger charge is -1.89. The van der Waals surface area contributed by atoms with Crippen LogP contribution in [0.3, 0.4) is 0 Å². The van der Waals surface area contributed by atoms with Crippen LogP contribution in [0.4, 0.5) is 0 Å². The molecular weight excluding hydrogens is 120 g/mol. The molecule has 0 aromatic rings. The van der Waals surface area contributed by atoms with E-state index >= 15 is 0 Å². The molecule has 0 rings (SSSR count). The van der Waals surface area contributed by atoms with Gasteiger partial charge in [-0.3, -0.25) is 4.79 Å². The van der Waals surface area contributed by atoms with E-state index in [1.54, 1.807) is 0 Å². The Morgan fingerprint density at radius 3 is 2.50 bits per heavy atom. The van der Waals surface area contributed by atoms with Crippen LogP contribution in [0.25, 0.3) is 0 Å². The minimum Gasteiger partial charge on any atom is -0.481 e. The highest BCUT2D eigenvalue weighted by Crippen LogP contribution is 1.96. The first kappa shape index (κ1) is 7.69. The molecule has 0 aromatic heterocycles. The van der Waals surface area contributed by atoms with Gasteiger partial charge in [0.1, 0.15) is 0 Å². The van der Waals surface area contributed by atoms with Crippen molar-refractivity contribution in [1.29, 1.82) is 0 Å². The molecule has 2 nitrogen and oxygen atoms in total. The third-order valence-corrected chi connectivity index (χ3v) is 1.17. The highest BCUT2D eigenvalue weighted by Gasteiger charge is 1.92. The first-order chi connectivity index (χ1) is 3.77. The molecule has 3 radical (unpaired) electrons. The second-order valence-electron chi connectivity index (χ2n) is 1.60. The van der Waals surface area contributed by atoms with Crippen molar-refractivity contribution in [2.45, 2.75) is 25.3 Å². The van der Waals surface area contributed by atoms with Crippen molar-refractivity contribution in [1.82, 2.24) is 0 Å². The number of carbonyl (C=O) groups is 1. The second-order valence-corrected chi connectivity index (χ2v) is 2.10. The summed E-state index contributed by atoms with van der Waals surface area (Å²) in [6.07, 6.45) is 2.02. The number of carboxylic acids is 1. The third-order valence-electron chi connectivity index (χ3n) is 0.817. The molecule has 0 aliphatic rings. The molecule has 0 unspecified atom stereocenters. The van der Waals surface area contributed by atoms with Gasteiger partial charge in [-0.05, 0) is 6.42 Å². The zero-order valence-corrected chi connectivity index (χ0v) is 5.68. The topological polar surface area (TPSA) is 37.3 Å². The summed E-state index contributed by atoms with van der Waals surface area (Å²) in [5.41, 5.74) is 0. The van der Waals surface area contributed by atoms with Crippen molar-refractivity contribution in [3.05, 3.63) is 0 Å². The largest absolute Gasteiger partial charge is 0.481 e.